The first-order valence-corrected chi connectivity index (χ1v) is 9.84. The summed E-state index contributed by atoms with van der Waals surface area (Å²) in [5, 5.41) is 7.48. The Bertz CT molecular complexity index is 799. The summed E-state index contributed by atoms with van der Waals surface area (Å²) in [4.78, 5) is 27.9. The molecule has 9 heteroatoms. The number of likely N-dealkylation sites (N-methyl/N-ethyl adjacent to an activating group) is 1. The third kappa shape index (κ3) is 5.85. The number of carbonyl (C=O) groups is 2. The summed E-state index contributed by atoms with van der Waals surface area (Å²) in [7, 11) is 8.36. The van der Waals surface area contributed by atoms with Crippen molar-refractivity contribution in [2.24, 2.45) is 0 Å². The summed E-state index contributed by atoms with van der Waals surface area (Å²) in [6, 6.07) is 7.16. The largest absolute Gasteiger partial charge is 0.493 e. The lowest BCUT2D eigenvalue weighted by molar-refractivity contribution is -0.120. The van der Waals surface area contributed by atoms with E-state index in [1.165, 1.54) is 33.5 Å². The first kappa shape index (κ1) is 22.5. The molecule has 2 N–H and O–H groups in total. The summed E-state index contributed by atoms with van der Waals surface area (Å²) in [6.45, 7) is 0.312. The molecule has 0 saturated heterocycles. The van der Waals surface area contributed by atoms with Crippen molar-refractivity contribution < 1.29 is 23.8 Å². The van der Waals surface area contributed by atoms with Crippen molar-refractivity contribution in [3.63, 3.8) is 0 Å². The van der Waals surface area contributed by atoms with Gasteiger partial charge in [-0.3, -0.25) is 9.59 Å². The summed E-state index contributed by atoms with van der Waals surface area (Å²) in [5.41, 5.74) is 0.303. The fraction of sp³-hybridized carbons (Fsp3) is 0.400. The van der Waals surface area contributed by atoms with Gasteiger partial charge in [0.25, 0.3) is 5.91 Å². The molecule has 2 amide bonds. The maximum absolute atomic E-state index is 12.5. The normalized spacial score (nSPS) is 11.7. The van der Waals surface area contributed by atoms with Crippen molar-refractivity contribution in [1.29, 1.82) is 0 Å². The molecule has 0 aliphatic carbocycles. The summed E-state index contributed by atoms with van der Waals surface area (Å²) < 4.78 is 15.7. The molecule has 0 fully saturated rings. The maximum atomic E-state index is 12.5. The van der Waals surface area contributed by atoms with Crippen molar-refractivity contribution in [3.05, 3.63) is 40.1 Å². The molecule has 1 heterocycles. The van der Waals surface area contributed by atoms with Crippen LogP contribution in [0.5, 0.6) is 17.2 Å². The van der Waals surface area contributed by atoms with E-state index in [2.05, 4.69) is 10.6 Å². The number of hydrogen-bond donors (Lipinski definition) is 2. The van der Waals surface area contributed by atoms with Crippen molar-refractivity contribution >= 4 is 23.2 Å². The minimum Gasteiger partial charge on any atom is -0.493 e. The number of thiophene rings is 1. The molecule has 0 aliphatic heterocycles. The highest BCUT2D eigenvalue weighted by atomic mass is 32.1. The van der Waals surface area contributed by atoms with Crippen LogP contribution < -0.4 is 24.8 Å². The van der Waals surface area contributed by atoms with Gasteiger partial charge in [-0.15, -0.1) is 11.3 Å². The van der Waals surface area contributed by atoms with Gasteiger partial charge < -0.3 is 29.7 Å². The van der Waals surface area contributed by atoms with Crippen LogP contribution in [0.2, 0.25) is 0 Å². The number of ether oxygens (including phenoxy) is 3. The van der Waals surface area contributed by atoms with Crippen molar-refractivity contribution in [3.8, 4) is 17.2 Å². The average molecular weight is 422 g/mol. The Morgan fingerprint density at radius 3 is 2.21 bits per heavy atom. The van der Waals surface area contributed by atoms with E-state index in [1.807, 2.05) is 36.5 Å². The second-order valence-corrected chi connectivity index (χ2v) is 7.37. The van der Waals surface area contributed by atoms with E-state index in [0.717, 1.165) is 4.88 Å². The van der Waals surface area contributed by atoms with Crippen molar-refractivity contribution in [1.82, 2.24) is 15.5 Å². The van der Waals surface area contributed by atoms with E-state index in [-0.39, 0.29) is 18.5 Å². The minimum absolute atomic E-state index is 0.0739. The Balaban J connectivity index is 1.95. The molecule has 0 aliphatic rings. The van der Waals surface area contributed by atoms with Crippen molar-refractivity contribution in [2.75, 3.05) is 48.5 Å². The first-order valence-electron chi connectivity index (χ1n) is 8.96. The summed E-state index contributed by atoms with van der Waals surface area (Å²) in [5.74, 6) is 0.445. The quantitative estimate of drug-likeness (QED) is 0.609. The van der Waals surface area contributed by atoms with E-state index in [9.17, 15) is 9.59 Å². The minimum atomic E-state index is -0.415. The third-order valence-corrected chi connectivity index (χ3v) is 5.30. The molecule has 2 aromatic rings. The van der Waals surface area contributed by atoms with Crippen LogP contribution in [0.15, 0.2) is 29.6 Å². The zero-order chi connectivity index (χ0) is 21.4. The van der Waals surface area contributed by atoms with Gasteiger partial charge in [-0.1, -0.05) is 6.07 Å². The Kier molecular flexibility index (Phi) is 8.29. The molecule has 1 aromatic heterocycles. The van der Waals surface area contributed by atoms with Gasteiger partial charge >= 0.3 is 0 Å². The smallest absolute Gasteiger partial charge is 0.251 e. The van der Waals surface area contributed by atoms with Gasteiger partial charge in [0.1, 0.15) is 0 Å². The molecule has 0 bridgehead atoms. The number of benzene rings is 1. The highest BCUT2D eigenvalue weighted by molar-refractivity contribution is 7.10. The second-order valence-electron chi connectivity index (χ2n) is 6.40. The van der Waals surface area contributed by atoms with Crippen LogP contribution in [-0.4, -0.2) is 65.2 Å². The van der Waals surface area contributed by atoms with E-state index >= 15 is 0 Å². The lowest BCUT2D eigenvalue weighted by Gasteiger charge is -2.23. The van der Waals surface area contributed by atoms with Crippen LogP contribution >= 0.6 is 11.3 Å². The van der Waals surface area contributed by atoms with E-state index in [4.69, 9.17) is 14.2 Å². The highest BCUT2D eigenvalue weighted by Crippen LogP contribution is 2.38. The van der Waals surface area contributed by atoms with E-state index in [1.54, 1.807) is 11.3 Å². The highest BCUT2D eigenvalue weighted by Gasteiger charge is 2.19. The van der Waals surface area contributed by atoms with Crippen molar-refractivity contribution in [2.45, 2.75) is 6.04 Å². The lowest BCUT2D eigenvalue weighted by atomic mass is 10.1. The Labute approximate surface area is 174 Å². The van der Waals surface area contributed by atoms with Gasteiger partial charge in [0, 0.05) is 17.0 Å². The zero-order valence-corrected chi connectivity index (χ0v) is 18.1. The summed E-state index contributed by atoms with van der Waals surface area (Å²) in [6.07, 6.45) is 0. The van der Waals surface area contributed by atoms with Gasteiger partial charge in [0.2, 0.25) is 11.7 Å². The number of nitrogens with zero attached hydrogens (tertiary/aromatic N) is 1. The Morgan fingerprint density at radius 2 is 1.72 bits per heavy atom. The Hall–Kier alpha value is -2.78. The average Bonchev–Trinajstić information content (AvgIpc) is 3.24. The third-order valence-electron chi connectivity index (χ3n) is 4.32. The molecule has 158 valence electrons. The number of hydrogen-bond acceptors (Lipinski definition) is 7. The molecular formula is C20H27N3O5S. The molecule has 2 rings (SSSR count). The fourth-order valence-electron chi connectivity index (χ4n) is 2.77. The van der Waals surface area contributed by atoms with Crippen LogP contribution in [-0.2, 0) is 4.79 Å². The molecule has 8 nitrogen and oxygen atoms in total. The predicted octanol–water partition coefficient (Wildman–Crippen LogP) is 1.92. The molecule has 0 radical (unpaired) electrons. The lowest BCUT2D eigenvalue weighted by Crippen LogP contribution is -2.40. The molecule has 0 spiro atoms. The fourth-order valence-corrected chi connectivity index (χ4v) is 3.69. The SMILES string of the molecule is COc1cc(C(=O)NCC(=O)NCC(c2cccs2)N(C)C)cc(OC)c1OC. The number of amides is 2. The topological polar surface area (TPSA) is 89.1 Å². The number of carbonyl (C=O) groups excluding carboxylic acids is 2. The van der Waals surface area contributed by atoms with Crippen LogP contribution in [0, 0.1) is 0 Å². The van der Waals surface area contributed by atoms with Crippen LogP contribution in [0.3, 0.4) is 0 Å². The molecule has 1 aromatic carbocycles. The van der Waals surface area contributed by atoms with Crippen LogP contribution in [0.1, 0.15) is 21.3 Å². The summed E-state index contributed by atoms with van der Waals surface area (Å²) >= 11 is 1.64. The monoisotopic (exact) mass is 421 g/mol. The zero-order valence-electron chi connectivity index (χ0n) is 17.3. The van der Waals surface area contributed by atoms with Gasteiger partial charge in [-0.25, -0.2) is 0 Å². The molecular weight excluding hydrogens is 394 g/mol. The second kappa shape index (κ2) is 10.7. The van der Waals surface area contributed by atoms with E-state index < -0.39 is 5.91 Å². The molecule has 1 atom stereocenters. The van der Waals surface area contributed by atoms with E-state index in [0.29, 0.717) is 29.4 Å². The number of nitrogens with one attached hydrogen (secondary N) is 2. The maximum Gasteiger partial charge on any atom is 0.251 e. The standard InChI is InChI=1S/C20H27N3O5S/c1-23(2)14(17-7-6-8-29-17)11-21-18(24)12-22-20(25)13-9-15(26-3)19(28-5)16(10-13)27-4/h6-10,14H,11-12H2,1-5H3,(H,21,24)(H,22,25). The molecule has 1 unspecified atom stereocenters. The number of methoxy groups -OCH3 is 3. The number of rotatable bonds is 10. The first-order chi connectivity index (χ1) is 13.9. The molecule has 29 heavy (non-hydrogen) atoms. The molecule has 0 saturated carbocycles. The predicted molar refractivity (Wildman–Crippen MR) is 112 cm³/mol. The van der Waals surface area contributed by atoms with Crippen LogP contribution in [0.25, 0.3) is 0 Å². The van der Waals surface area contributed by atoms with Gasteiger partial charge in [-0.2, -0.15) is 0 Å². The Morgan fingerprint density at radius 1 is 1.07 bits per heavy atom. The van der Waals surface area contributed by atoms with Gasteiger partial charge in [0.15, 0.2) is 11.5 Å². The van der Waals surface area contributed by atoms with Crippen LogP contribution in [0.4, 0.5) is 0 Å². The van der Waals surface area contributed by atoms with Gasteiger partial charge in [-0.05, 0) is 37.7 Å². The van der Waals surface area contributed by atoms with Gasteiger partial charge in [0.05, 0.1) is 33.9 Å².